The Morgan fingerprint density at radius 1 is 1.05 bits per heavy atom. The molecular formula is C27H35N3O8. The number of ether oxygens (including phenoxy) is 4. The molecule has 1 aromatic heterocycles. The van der Waals surface area contributed by atoms with Crippen molar-refractivity contribution in [2.45, 2.75) is 26.3 Å². The first-order valence-corrected chi connectivity index (χ1v) is 12.1. The Kier molecular flexibility index (Phi) is 8.72. The molecule has 0 aliphatic carbocycles. The lowest BCUT2D eigenvalue weighted by Gasteiger charge is -2.28. The normalized spacial score (nSPS) is 16.8. The highest BCUT2D eigenvalue weighted by Gasteiger charge is 2.45. The largest absolute Gasteiger partial charge is 0.872 e. The summed E-state index contributed by atoms with van der Waals surface area (Å²) < 4.78 is 21.2. The molecule has 1 saturated heterocycles. The van der Waals surface area contributed by atoms with Gasteiger partial charge in [-0.1, -0.05) is 5.76 Å². The lowest BCUT2D eigenvalue weighted by atomic mass is 9.93. The zero-order valence-corrected chi connectivity index (χ0v) is 23.1. The molecule has 0 radical (unpaired) electrons. The molecule has 2 aromatic rings. The first-order valence-electron chi connectivity index (χ1n) is 12.1. The first kappa shape index (κ1) is 28.6. The van der Waals surface area contributed by atoms with E-state index in [1.54, 1.807) is 26.0 Å². The number of H-pyrrole nitrogens is 1. The van der Waals surface area contributed by atoms with E-state index in [2.05, 4.69) is 4.98 Å². The van der Waals surface area contributed by atoms with E-state index < -0.39 is 29.5 Å². The van der Waals surface area contributed by atoms with Gasteiger partial charge in [0.1, 0.15) is 5.69 Å². The van der Waals surface area contributed by atoms with Crippen LogP contribution in [0.15, 0.2) is 17.7 Å². The van der Waals surface area contributed by atoms with Gasteiger partial charge in [-0.3, -0.25) is 9.59 Å². The predicted molar refractivity (Wildman–Crippen MR) is 136 cm³/mol. The molecule has 1 aliphatic rings. The van der Waals surface area contributed by atoms with Gasteiger partial charge in [0.25, 0.3) is 5.91 Å². The van der Waals surface area contributed by atoms with Crippen LogP contribution in [-0.4, -0.2) is 83.2 Å². The van der Waals surface area contributed by atoms with Crippen molar-refractivity contribution in [2.75, 3.05) is 55.6 Å². The number of aromatic nitrogens is 1. The second-order valence-corrected chi connectivity index (χ2v) is 9.36. The fourth-order valence-corrected chi connectivity index (χ4v) is 4.84. The van der Waals surface area contributed by atoms with Crippen LogP contribution in [0.5, 0.6) is 17.2 Å². The van der Waals surface area contributed by atoms with E-state index in [0.717, 1.165) is 6.54 Å². The van der Waals surface area contributed by atoms with Crippen molar-refractivity contribution >= 4 is 23.4 Å². The lowest BCUT2D eigenvalue weighted by Crippen LogP contribution is -3.05. The Morgan fingerprint density at radius 2 is 1.66 bits per heavy atom. The molecular weight excluding hydrogens is 494 g/mol. The van der Waals surface area contributed by atoms with Crippen molar-refractivity contribution in [2.24, 2.45) is 0 Å². The number of nitrogens with one attached hydrogen (secondary N) is 2. The van der Waals surface area contributed by atoms with Crippen LogP contribution in [0.1, 0.15) is 45.3 Å². The average molecular weight is 530 g/mol. The van der Waals surface area contributed by atoms with Crippen molar-refractivity contribution < 1.29 is 43.3 Å². The van der Waals surface area contributed by atoms with Crippen LogP contribution in [0.4, 0.5) is 0 Å². The molecule has 1 amide bonds. The van der Waals surface area contributed by atoms with E-state index in [-0.39, 0.29) is 23.4 Å². The fourth-order valence-electron chi connectivity index (χ4n) is 4.84. The van der Waals surface area contributed by atoms with Crippen LogP contribution in [-0.2, 0) is 14.3 Å². The highest BCUT2D eigenvalue weighted by atomic mass is 16.5. The van der Waals surface area contributed by atoms with E-state index in [0.29, 0.717) is 40.5 Å². The molecule has 206 valence electrons. The minimum atomic E-state index is -0.997. The third-order valence-electron chi connectivity index (χ3n) is 6.66. The number of hydrogen-bond acceptors (Lipinski definition) is 8. The number of likely N-dealkylation sites (tertiary alicyclic amines) is 1. The van der Waals surface area contributed by atoms with E-state index in [1.165, 1.54) is 38.2 Å². The minimum Gasteiger partial charge on any atom is -0.872 e. The summed E-state index contributed by atoms with van der Waals surface area (Å²) in [6.45, 7) is 4.23. The summed E-state index contributed by atoms with van der Waals surface area (Å²) in [5.74, 6) is -1.95. The Balaban J connectivity index is 2.29. The van der Waals surface area contributed by atoms with Crippen LogP contribution < -0.4 is 24.2 Å². The average Bonchev–Trinajstić information content (AvgIpc) is 3.33. The topological polar surface area (TPSA) is 135 Å². The van der Waals surface area contributed by atoms with Crippen LogP contribution in [0.3, 0.4) is 0 Å². The number of rotatable bonds is 10. The van der Waals surface area contributed by atoms with Gasteiger partial charge in [-0.05, 0) is 42.7 Å². The number of ketones is 1. The number of esters is 1. The number of aromatic amines is 1. The molecule has 2 N–H and O–H groups in total. The van der Waals surface area contributed by atoms with E-state index in [4.69, 9.17) is 18.9 Å². The quantitative estimate of drug-likeness (QED) is 0.193. The van der Waals surface area contributed by atoms with Gasteiger partial charge in [0, 0.05) is 24.2 Å². The van der Waals surface area contributed by atoms with Gasteiger partial charge in [-0.15, -0.1) is 0 Å². The van der Waals surface area contributed by atoms with Gasteiger partial charge in [0.15, 0.2) is 11.5 Å². The molecule has 1 atom stereocenters. The van der Waals surface area contributed by atoms with E-state index >= 15 is 0 Å². The summed E-state index contributed by atoms with van der Waals surface area (Å²) in [5.41, 5.74) is 1.24. The monoisotopic (exact) mass is 529 g/mol. The zero-order valence-electron chi connectivity index (χ0n) is 23.1. The van der Waals surface area contributed by atoms with Crippen LogP contribution >= 0.6 is 0 Å². The summed E-state index contributed by atoms with van der Waals surface area (Å²) in [6.07, 6.45) is 0.610. The standard InChI is InChI=1S/C27H35N3O8/c1-14-19(15(2)28-21(14)27(34)38-8)23(31)20-22(30(26(33)24(20)32)11-9-10-29(3)4)16-12-17(35-5)25(37-7)18(13-16)36-6/h12-13,22,28,31H,9-11H2,1-8H3. The number of quaternary nitrogens is 1. The molecule has 0 spiro atoms. The van der Waals surface area contributed by atoms with Gasteiger partial charge in [-0.25, -0.2) is 4.79 Å². The molecule has 38 heavy (non-hydrogen) atoms. The van der Waals surface area contributed by atoms with Crippen LogP contribution in [0, 0.1) is 13.8 Å². The summed E-state index contributed by atoms with van der Waals surface area (Å²) in [4.78, 5) is 44.4. The van der Waals surface area contributed by atoms with Gasteiger partial charge in [0.2, 0.25) is 11.5 Å². The molecule has 1 aromatic carbocycles. The molecule has 1 aliphatic heterocycles. The molecule has 11 nitrogen and oxygen atoms in total. The number of aryl methyl sites for hydroxylation is 1. The number of amides is 1. The van der Waals surface area contributed by atoms with Gasteiger partial charge >= 0.3 is 5.97 Å². The molecule has 3 rings (SSSR count). The van der Waals surface area contributed by atoms with Crippen molar-refractivity contribution in [1.29, 1.82) is 0 Å². The van der Waals surface area contributed by atoms with E-state index in [9.17, 15) is 19.5 Å². The summed E-state index contributed by atoms with van der Waals surface area (Å²) in [7, 11) is 9.61. The maximum atomic E-state index is 14.0. The highest BCUT2D eigenvalue weighted by Crippen LogP contribution is 2.45. The second kappa shape index (κ2) is 11.6. The minimum absolute atomic E-state index is 0.112. The number of methoxy groups -OCH3 is 4. The Hall–Kier alpha value is -3.99. The number of carbonyl (C=O) groups is 3. The highest BCUT2D eigenvalue weighted by molar-refractivity contribution is 6.46. The molecule has 1 unspecified atom stereocenters. The maximum absolute atomic E-state index is 14.0. The van der Waals surface area contributed by atoms with Crippen molar-refractivity contribution in [3.63, 3.8) is 0 Å². The van der Waals surface area contributed by atoms with E-state index in [1.807, 2.05) is 14.1 Å². The Morgan fingerprint density at radius 3 is 2.16 bits per heavy atom. The third-order valence-corrected chi connectivity index (χ3v) is 6.66. The van der Waals surface area contributed by atoms with Gasteiger partial charge in [0.05, 0.1) is 55.1 Å². The molecule has 0 saturated carbocycles. The summed E-state index contributed by atoms with van der Waals surface area (Å²) in [6, 6.07) is 2.27. The smallest absolute Gasteiger partial charge is 0.354 e. The first-order chi connectivity index (χ1) is 18.0. The third kappa shape index (κ3) is 5.06. The number of benzene rings is 1. The second-order valence-electron chi connectivity index (χ2n) is 9.36. The molecule has 2 heterocycles. The number of Topliss-reactive ketones (excluding diaryl/α,β-unsaturated/α-hetero) is 1. The van der Waals surface area contributed by atoms with Crippen LogP contribution in [0.25, 0.3) is 5.76 Å². The molecule has 0 bridgehead atoms. The number of nitrogens with zero attached hydrogens (tertiary/aromatic N) is 1. The van der Waals surface area contributed by atoms with Crippen molar-refractivity contribution in [3.8, 4) is 17.2 Å². The van der Waals surface area contributed by atoms with Gasteiger partial charge in [-0.2, -0.15) is 0 Å². The molecule has 11 heteroatoms. The van der Waals surface area contributed by atoms with Gasteiger partial charge < -0.3 is 38.8 Å². The lowest BCUT2D eigenvalue weighted by molar-refractivity contribution is -0.858. The fraction of sp³-hybridized carbons (Fsp3) is 0.444. The summed E-state index contributed by atoms with van der Waals surface area (Å²) >= 11 is 0. The summed E-state index contributed by atoms with van der Waals surface area (Å²) in [5, 5.41) is 14.0. The van der Waals surface area contributed by atoms with Crippen molar-refractivity contribution in [1.82, 2.24) is 9.88 Å². The van der Waals surface area contributed by atoms with Crippen LogP contribution in [0.2, 0.25) is 0 Å². The zero-order chi connectivity index (χ0) is 28.3. The Labute approximate surface area is 221 Å². The number of carbonyl (C=O) groups excluding carboxylic acids is 3. The predicted octanol–water partition coefficient (Wildman–Crippen LogP) is 0.203. The SMILES string of the molecule is COC(=O)c1[nH]c(C)c(C([O-])=C2C(=O)C(=O)N(CCC[NH+](C)C)C2c2cc(OC)c(OC)c(OC)c2)c1C. The molecule has 1 fully saturated rings. The maximum Gasteiger partial charge on any atom is 0.354 e. The number of hydrogen-bond donors (Lipinski definition) is 2. The Bertz CT molecular complexity index is 1250. The van der Waals surface area contributed by atoms with Crippen molar-refractivity contribution in [3.05, 3.63) is 45.8 Å².